The van der Waals surface area contributed by atoms with Gasteiger partial charge in [-0.3, -0.25) is 0 Å². The van der Waals surface area contributed by atoms with Crippen molar-refractivity contribution in [3.8, 4) is 0 Å². The molecule has 0 aliphatic heterocycles. The van der Waals surface area contributed by atoms with Gasteiger partial charge in [-0.15, -0.1) is 0 Å². The van der Waals surface area contributed by atoms with Gasteiger partial charge < -0.3 is 11.5 Å². The highest BCUT2D eigenvalue weighted by Crippen LogP contribution is 2.33. The van der Waals surface area contributed by atoms with Crippen molar-refractivity contribution in [3.05, 3.63) is 5.92 Å². The van der Waals surface area contributed by atoms with Gasteiger partial charge in [0.05, 0.1) is 0 Å². The minimum absolute atomic E-state index is 0.305. The molecule has 0 aliphatic carbocycles. The quantitative estimate of drug-likeness (QED) is 0.540. The van der Waals surface area contributed by atoms with Gasteiger partial charge in [-0.2, -0.15) is 0 Å². The van der Waals surface area contributed by atoms with Gasteiger partial charge in [-0.1, -0.05) is 13.8 Å². The molecule has 0 saturated heterocycles. The second-order valence-electron chi connectivity index (χ2n) is 3.41. The second kappa shape index (κ2) is 4.11. The molecule has 4 N–H and O–H groups in total. The van der Waals surface area contributed by atoms with E-state index in [1.165, 1.54) is 5.92 Å². The molecule has 0 heterocycles. The van der Waals surface area contributed by atoms with Crippen molar-refractivity contribution in [1.29, 1.82) is 0 Å². The van der Waals surface area contributed by atoms with Gasteiger partial charge in [0.1, 0.15) is 0 Å². The Morgan fingerprint density at radius 1 is 1.50 bits per heavy atom. The Morgan fingerprint density at radius 3 is 2.30 bits per heavy atom. The molecular formula is C7H19N2Si. The van der Waals surface area contributed by atoms with Crippen molar-refractivity contribution < 1.29 is 0 Å². The molecule has 1 radical (unpaired) electrons. The number of rotatable bonds is 4. The second-order valence-corrected chi connectivity index (χ2v) is 5.61. The molecule has 0 fully saturated rings. The monoisotopic (exact) mass is 159 g/mol. The molecule has 0 amide bonds. The van der Waals surface area contributed by atoms with E-state index in [0.29, 0.717) is 5.04 Å². The first kappa shape index (κ1) is 10.1. The molecule has 1 atom stereocenters. The van der Waals surface area contributed by atoms with Crippen LogP contribution in [0.15, 0.2) is 0 Å². The maximum Gasteiger partial charge on any atom is 0.0126 e. The highest BCUT2D eigenvalue weighted by molar-refractivity contribution is 6.16. The van der Waals surface area contributed by atoms with Crippen LogP contribution in [-0.4, -0.2) is 23.3 Å². The zero-order valence-electron chi connectivity index (χ0n) is 7.28. The third kappa shape index (κ3) is 2.81. The predicted octanol–water partition coefficient (Wildman–Crippen LogP) is -0.568. The summed E-state index contributed by atoms with van der Waals surface area (Å²) in [5.41, 5.74) is 11.0. The van der Waals surface area contributed by atoms with E-state index in [9.17, 15) is 0 Å². The molecule has 10 heavy (non-hydrogen) atoms. The van der Waals surface area contributed by atoms with E-state index < -0.39 is 0 Å². The molecule has 2 nitrogen and oxygen atoms in total. The summed E-state index contributed by atoms with van der Waals surface area (Å²) in [6.07, 6.45) is 1.02. The Morgan fingerprint density at radius 2 is 2.00 bits per heavy atom. The Labute approximate surface area is 66.8 Å². The van der Waals surface area contributed by atoms with Gasteiger partial charge >= 0.3 is 0 Å². The highest BCUT2D eigenvalue weighted by atomic mass is 28.1. The van der Waals surface area contributed by atoms with Gasteiger partial charge in [0.2, 0.25) is 0 Å². The lowest BCUT2D eigenvalue weighted by Crippen LogP contribution is -2.27. The Hall–Kier alpha value is 0.137. The summed E-state index contributed by atoms with van der Waals surface area (Å²) in [4.78, 5) is 0. The summed E-state index contributed by atoms with van der Waals surface area (Å²) < 4.78 is 0. The van der Waals surface area contributed by atoms with E-state index in [2.05, 4.69) is 13.8 Å². The Balaban J connectivity index is 3.78. The summed E-state index contributed by atoms with van der Waals surface area (Å²) >= 11 is 0. The third-order valence-electron chi connectivity index (χ3n) is 2.18. The minimum atomic E-state index is 0.305. The van der Waals surface area contributed by atoms with E-state index in [-0.39, 0.29) is 0 Å². The van der Waals surface area contributed by atoms with E-state index >= 15 is 0 Å². The first-order valence-corrected chi connectivity index (χ1v) is 4.77. The zero-order valence-corrected chi connectivity index (χ0v) is 9.28. The molecule has 0 bridgehead atoms. The number of nitrogens with two attached hydrogens (primary N) is 2. The van der Waals surface area contributed by atoms with Gasteiger partial charge in [0, 0.05) is 10.2 Å². The summed E-state index contributed by atoms with van der Waals surface area (Å²) in [6, 6.07) is 0. The van der Waals surface area contributed by atoms with Crippen LogP contribution in [0.1, 0.15) is 20.3 Å². The fraction of sp³-hybridized carbons (Fsp3) is 0.857. The third-order valence-corrected chi connectivity index (χ3v) is 3.45. The standard InChI is InChI=1S/C7H19N2Si/c1-6(3-4-8)7(2,10)5-9/h3-5,8-9H2,1-2,10H3. The van der Waals surface area contributed by atoms with Crippen LogP contribution in [0, 0.1) is 5.92 Å². The summed E-state index contributed by atoms with van der Waals surface area (Å²) in [5, 5.41) is 0.305. The predicted molar refractivity (Wildman–Crippen MR) is 49.9 cm³/mol. The largest absolute Gasteiger partial charge is 0.330 e. The van der Waals surface area contributed by atoms with Crippen molar-refractivity contribution in [1.82, 2.24) is 0 Å². The molecule has 1 unspecified atom stereocenters. The van der Waals surface area contributed by atoms with Crippen LogP contribution in [0.2, 0.25) is 5.04 Å². The van der Waals surface area contributed by atoms with Gasteiger partial charge in [-0.05, 0) is 30.5 Å². The molecule has 61 valence electrons. The molecule has 0 saturated carbocycles. The van der Waals surface area contributed by atoms with Crippen molar-refractivity contribution in [3.63, 3.8) is 0 Å². The average Bonchev–Trinajstić information content (AvgIpc) is 1.89. The zero-order chi connectivity index (χ0) is 8.20. The fourth-order valence-corrected chi connectivity index (χ4v) is 0.979. The highest BCUT2D eigenvalue weighted by Gasteiger charge is 2.23. The summed E-state index contributed by atoms with van der Waals surface area (Å²) in [7, 11) is 1.13. The van der Waals surface area contributed by atoms with Gasteiger partial charge in [0.15, 0.2) is 0 Å². The van der Waals surface area contributed by atoms with Crippen LogP contribution in [0.3, 0.4) is 0 Å². The maximum absolute atomic E-state index is 5.61. The fourth-order valence-electron chi connectivity index (χ4n) is 0.729. The molecular weight excluding hydrogens is 140 g/mol. The number of hydrogen-bond acceptors (Lipinski definition) is 2. The molecule has 0 aromatic rings. The smallest absolute Gasteiger partial charge is 0.0126 e. The van der Waals surface area contributed by atoms with Gasteiger partial charge in [-0.25, -0.2) is 0 Å². The van der Waals surface area contributed by atoms with Crippen LogP contribution in [-0.2, 0) is 0 Å². The van der Waals surface area contributed by atoms with E-state index in [1.807, 2.05) is 0 Å². The van der Waals surface area contributed by atoms with Crippen molar-refractivity contribution in [2.45, 2.75) is 25.3 Å². The van der Waals surface area contributed by atoms with Crippen LogP contribution in [0.25, 0.3) is 0 Å². The Bertz CT molecular complexity index is 93.6. The van der Waals surface area contributed by atoms with Crippen LogP contribution in [0.4, 0.5) is 0 Å². The summed E-state index contributed by atoms with van der Waals surface area (Å²) in [5.74, 6) is 1.46. The van der Waals surface area contributed by atoms with E-state index in [1.54, 1.807) is 0 Å². The molecule has 0 aromatic heterocycles. The first-order valence-electron chi connectivity index (χ1n) is 3.77. The van der Waals surface area contributed by atoms with Gasteiger partial charge in [0.25, 0.3) is 0 Å². The minimum Gasteiger partial charge on any atom is -0.330 e. The summed E-state index contributed by atoms with van der Waals surface area (Å²) in [6.45, 7) is 5.89. The van der Waals surface area contributed by atoms with Crippen LogP contribution >= 0.6 is 0 Å². The van der Waals surface area contributed by atoms with Crippen molar-refractivity contribution in [2.24, 2.45) is 11.5 Å². The molecule has 0 spiro atoms. The number of hydrogen-bond donors (Lipinski definition) is 2. The topological polar surface area (TPSA) is 52.0 Å². The lowest BCUT2D eigenvalue weighted by Gasteiger charge is -2.29. The lowest BCUT2D eigenvalue weighted by atomic mass is 9.92. The van der Waals surface area contributed by atoms with Crippen molar-refractivity contribution in [2.75, 3.05) is 13.1 Å². The van der Waals surface area contributed by atoms with E-state index in [0.717, 1.165) is 29.8 Å². The first-order chi connectivity index (χ1) is 4.54. The molecule has 0 aromatic carbocycles. The normalized spacial score (nSPS) is 17.7. The Kier molecular flexibility index (Phi) is 4.16. The van der Waals surface area contributed by atoms with Crippen molar-refractivity contribution >= 4 is 10.2 Å². The lowest BCUT2D eigenvalue weighted by molar-refractivity contribution is 0.593. The van der Waals surface area contributed by atoms with Crippen LogP contribution in [0.5, 0.6) is 0 Å². The molecule has 0 aliphatic rings. The molecule has 0 rings (SSSR count). The SMILES string of the molecule is C[C](CCN)C(C)([SiH3])CN. The molecule has 3 heteroatoms. The average molecular weight is 159 g/mol. The van der Waals surface area contributed by atoms with Crippen LogP contribution < -0.4 is 11.5 Å². The maximum atomic E-state index is 5.61. The van der Waals surface area contributed by atoms with E-state index in [4.69, 9.17) is 11.5 Å².